The van der Waals surface area contributed by atoms with E-state index < -0.39 is 10.0 Å². The third kappa shape index (κ3) is 5.72. The summed E-state index contributed by atoms with van der Waals surface area (Å²) in [6.45, 7) is 0. The Balaban J connectivity index is 1.97. The summed E-state index contributed by atoms with van der Waals surface area (Å²) in [5.41, 5.74) is 2.00. The van der Waals surface area contributed by atoms with Crippen LogP contribution in [0.3, 0.4) is 0 Å². The van der Waals surface area contributed by atoms with E-state index >= 15 is 0 Å². The Hall–Kier alpha value is -2.38. The summed E-state index contributed by atoms with van der Waals surface area (Å²) in [4.78, 5) is 12.0. The standard InChI is InChI=1S/C16H18N2O4S/c1-22-15-4-2-3-13(9-15)10-16(19)18-14-7-5-12(6-8-14)11-23(17,20)21/h2-9H,10-11H2,1H3,(H,18,19)(H2,17,20,21). The second kappa shape index (κ2) is 7.26. The second-order valence-corrected chi connectivity index (χ2v) is 6.69. The summed E-state index contributed by atoms with van der Waals surface area (Å²) in [5.74, 6) is 0.297. The lowest BCUT2D eigenvalue weighted by Gasteiger charge is -2.07. The van der Waals surface area contributed by atoms with Crippen LogP contribution in [0.4, 0.5) is 5.69 Å². The minimum absolute atomic E-state index is 0.169. The van der Waals surface area contributed by atoms with E-state index in [-0.39, 0.29) is 18.1 Å². The molecular formula is C16H18N2O4S. The lowest BCUT2D eigenvalue weighted by molar-refractivity contribution is -0.115. The molecule has 0 aromatic heterocycles. The number of primary sulfonamides is 1. The highest BCUT2D eigenvalue weighted by atomic mass is 32.2. The second-order valence-electron chi connectivity index (χ2n) is 5.08. The normalized spacial score (nSPS) is 11.0. The summed E-state index contributed by atoms with van der Waals surface area (Å²) in [6, 6.07) is 13.8. The predicted molar refractivity (Wildman–Crippen MR) is 88.6 cm³/mol. The average molecular weight is 334 g/mol. The lowest BCUT2D eigenvalue weighted by atomic mass is 10.1. The zero-order chi connectivity index (χ0) is 16.9. The number of ether oxygens (including phenoxy) is 1. The molecule has 7 heteroatoms. The molecule has 2 rings (SSSR count). The number of benzene rings is 2. The van der Waals surface area contributed by atoms with E-state index in [0.29, 0.717) is 17.0 Å². The Morgan fingerprint density at radius 2 is 1.83 bits per heavy atom. The first-order valence-corrected chi connectivity index (χ1v) is 8.59. The highest BCUT2D eigenvalue weighted by molar-refractivity contribution is 7.88. The van der Waals surface area contributed by atoms with Crippen LogP contribution in [0, 0.1) is 0 Å². The molecule has 0 saturated heterocycles. The number of carbonyl (C=O) groups excluding carboxylic acids is 1. The molecule has 0 atom stereocenters. The van der Waals surface area contributed by atoms with Gasteiger partial charge >= 0.3 is 0 Å². The fourth-order valence-corrected chi connectivity index (χ4v) is 2.75. The number of anilines is 1. The number of hydrogen-bond donors (Lipinski definition) is 2. The van der Waals surface area contributed by atoms with Gasteiger partial charge in [0.1, 0.15) is 5.75 Å². The molecule has 0 spiro atoms. The Morgan fingerprint density at radius 3 is 2.43 bits per heavy atom. The summed E-state index contributed by atoms with van der Waals surface area (Å²) in [6.07, 6.45) is 0.218. The highest BCUT2D eigenvalue weighted by Gasteiger charge is 2.07. The molecule has 122 valence electrons. The molecule has 6 nitrogen and oxygen atoms in total. The van der Waals surface area contributed by atoms with Crippen LogP contribution in [0.25, 0.3) is 0 Å². The number of carbonyl (C=O) groups is 1. The maximum Gasteiger partial charge on any atom is 0.228 e. The van der Waals surface area contributed by atoms with Gasteiger partial charge in [-0.3, -0.25) is 4.79 Å². The van der Waals surface area contributed by atoms with Crippen molar-refractivity contribution in [2.75, 3.05) is 12.4 Å². The summed E-state index contributed by atoms with van der Waals surface area (Å²) in [5, 5.41) is 7.75. The third-order valence-electron chi connectivity index (χ3n) is 3.10. The van der Waals surface area contributed by atoms with Crippen molar-refractivity contribution in [3.8, 4) is 5.75 Å². The van der Waals surface area contributed by atoms with Crippen molar-refractivity contribution in [1.29, 1.82) is 0 Å². The number of methoxy groups -OCH3 is 1. The largest absolute Gasteiger partial charge is 0.497 e. The fourth-order valence-electron chi connectivity index (χ4n) is 2.09. The van der Waals surface area contributed by atoms with Crippen molar-refractivity contribution in [1.82, 2.24) is 0 Å². The van der Waals surface area contributed by atoms with E-state index in [9.17, 15) is 13.2 Å². The number of nitrogens with one attached hydrogen (secondary N) is 1. The van der Waals surface area contributed by atoms with Crippen molar-refractivity contribution < 1.29 is 17.9 Å². The van der Waals surface area contributed by atoms with Gasteiger partial charge in [0, 0.05) is 5.69 Å². The molecule has 0 heterocycles. The predicted octanol–water partition coefficient (Wildman–Crippen LogP) is 1.66. The first-order chi connectivity index (χ1) is 10.9. The van der Waals surface area contributed by atoms with Gasteiger partial charge in [-0.05, 0) is 35.4 Å². The first-order valence-electron chi connectivity index (χ1n) is 6.88. The van der Waals surface area contributed by atoms with Gasteiger partial charge in [-0.1, -0.05) is 24.3 Å². The summed E-state index contributed by atoms with van der Waals surface area (Å²) in [7, 11) is -1.99. The summed E-state index contributed by atoms with van der Waals surface area (Å²) < 4.78 is 27.1. The van der Waals surface area contributed by atoms with Gasteiger partial charge in [0.2, 0.25) is 15.9 Å². The smallest absolute Gasteiger partial charge is 0.228 e. The van der Waals surface area contributed by atoms with Crippen LogP contribution < -0.4 is 15.2 Å². The Bertz CT molecular complexity index is 786. The van der Waals surface area contributed by atoms with E-state index in [2.05, 4.69) is 5.32 Å². The molecule has 0 bridgehead atoms. The molecular weight excluding hydrogens is 316 g/mol. The minimum Gasteiger partial charge on any atom is -0.497 e. The van der Waals surface area contributed by atoms with E-state index in [4.69, 9.17) is 9.88 Å². The van der Waals surface area contributed by atoms with Crippen LogP contribution in [0.15, 0.2) is 48.5 Å². The zero-order valence-corrected chi connectivity index (χ0v) is 13.5. The van der Waals surface area contributed by atoms with E-state index in [1.807, 2.05) is 18.2 Å². The van der Waals surface area contributed by atoms with Crippen LogP contribution in [0.1, 0.15) is 11.1 Å². The van der Waals surface area contributed by atoms with Crippen LogP contribution >= 0.6 is 0 Å². The monoisotopic (exact) mass is 334 g/mol. The lowest BCUT2D eigenvalue weighted by Crippen LogP contribution is -2.15. The molecule has 0 aliphatic carbocycles. The van der Waals surface area contributed by atoms with Gasteiger partial charge in [0.25, 0.3) is 0 Å². The Morgan fingerprint density at radius 1 is 1.13 bits per heavy atom. The zero-order valence-electron chi connectivity index (χ0n) is 12.7. The summed E-state index contributed by atoms with van der Waals surface area (Å²) >= 11 is 0. The van der Waals surface area contributed by atoms with Crippen molar-refractivity contribution >= 4 is 21.6 Å². The van der Waals surface area contributed by atoms with E-state index in [1.54, 1.807) is 37.4 Å². The number of rotatable bonds is 6. The number of amides is 1. The van der Waals surface area contributed by atoms with Crippen LogP contribution in [0.2, 0.25) is 0 Å². The number of hydrogen-bond acceptors (Lipinski definition) is 4. The molecule has 2 aromatic carbocycles. The average Bonchev–Trinajstić information content (AvgIpc) is 2.48. The SMILES string of the molecule is COc1cccc(CC(=O)Nc2ccc(CS(N)(=O)=O)cc2)c1. The molecule has 0 fully saturated rings. The topological polar surface area (TPSA) is 98.5 Å². The maximum atomic E-state index is 12.0. The maximum absolute atomic E-state index is 12.0. The number of nitrogens with two attached hydrogens (primary N) is 1. The van der Waals surface area contributed by atoms with Crippen molar-refractivity contribution in [2.24, 2.45) is 5.14 Å². The molecule has 0 saturated carbocycles. The molecule has 2 aromatic rings. The number of sulfonamides is 1. The van der Waals surface area contributed by atoms with Crippen molar-refractivity contribution in [2.45, 2.75) is 12.2 Å². The van der Waals surface area contributed by atoms with Gasteiger partial charge in [0.15, 0.2) is 0 Å². The molecule has 3 N–H and O–H groups in total. The van der Waals surface area contributed by atoms with Gasteiger partial charge in [-0.25, -0.2) is 13.6 Å². The molecule has 0 aliphatic heterocycles. The van der Waals surface area contributed by atoms with E-state index in [0.717, 1.165) is 5.56 Å². The van der Waals surface area contributed by atoms with Crippen LogP contribution in [-0.4, -0.2) is 21.4 Å². The van der Waals surface area contributed by atoms with Crippen LogP contribution in [0.5, 0.6) is 5.75 Å². The van der Waals surface area contributed by atoms with Gasteiger partial charge < -0.3 is 10.1 Å². The Kier molecular flexibility index (Phi) is 5.36. The van der Waals surface area contributed by atoms with Gasteiger partial charge in [0.05, 0.1) is 19.3 Å². The Labute approximate surface area is 135 Å². The quantitative estimate of drug-likeness (QED) is 0.839. The van der Waals surface area contributed by atoms with Crippen molar-refractivity contribution in [3.63, 3.8) is 0 Å². The third-order valence-corrected chi connectivity index (χ3v) is 3.84. The molecule has 0 aliphatic rings. The molecule has 0 unspecified atom stereocenters. The fraction of sp³-hybridized carbons (Fsp3) is 0.188. The molecule has 23 heavy (non-hydrogen) atoms. The molecule has 0 radical (unpaired) electrons. The molecule has 1 amide bonds. The van der Waals surface area contributed by atoms with Gasteiger partial charge in [-0.2, -0.15) is 0 Å². The van der Waals surface area contributed by atoms with Crippen molar-refractivity contribution in [3.05, 3.63) is 59.7 Å². The van der Waals surface area contributed by atoms with E-state index in [1.165, 1.54) is 0 Å². The first kappa shape index (κ1) is 17.0. The van der Waals surface area contributed by atoms with Crippen LogP contribution in [-0.2, 0) is 27.0 Å². The van der Waals surface area contributed by atoms with Gasteiger partial charge in [-0.15, -0.1) is 0 Å². The highest BCUT2D eigenvalue weighted by Crippen LogP contribution is 2.15. The minimum atomic E-state index is -3.56.